The molecule has 0 aliphatic rings. The Morgan fingerprint density at radius 3 is 2.27 bits per heavy atom. The second-order valence-electron chi connectivity index (χ2n) is 1.92. The summed E-state index contributed by atoms with van der Waals surface area (Å²) in [5.74, 6) is 0.145. The Kier molecular flexibility index (Phi) is 2.83. The highest BCUT2D eigenvalue weighted by Crippen LogP contribution is 2.41. The highest BCUT2D eigenvalue weighted by Gasteiger charge is 2.09. The number of nitrogens with two attached hydrogens (primary N) is 1. The zero-order valence-electron chi connectivity index (χ0n) is 5.24. The summed E-state index contributed by atoms with van der Waals surface area (Å²) in [5, 5.41) is 9.33. The van der Waals surface area contributed by atoms with Crippen molar-refractivity contribution in [1.82, 2.24) is 0 Å². The van der Waals surface area contributed by atoms with Crippen molar-refractivity contribution in [2.45, 2.75) is 0 Å². The molecular weight excluding hydrogens is 342 g/mol. The molecule has 11 heavy (non-hydrogen) atoms. The number of aromatic hydroxyl groups is 1. The van der Waals surface area contributed by atoms with Gasteiger partial charge in [0.1, 0.15) is 5.75 Å². The fourth-order valence-electron chi connectivity index (χ4n) is 0.604. The molecule has 0 atom stereocenters. The molecule has 0 saturated carbocycles. The number of anilines is 1. The average molecular weight is 346 g/mol. The molecule has 0 heterocycles. The van der Waals surface area contributed by atoms with E-state index in [0.29, 0.717) is 19.1 Å². The molecule has 1 aromatic carbocycles. The number of nitrogen functional groups attached to an aromatic ring is 1. The summed E-state index contributed by atoms with van der Waals surface area (Å²) >= 11 is 9.54. The minimum atomic E-state index is 0.145. The van der Waals surface area contributed by atoms with Gasteiger partial charge in [0.2, 0.25) is 0 Å². The minimum absolute atomic E-state index is 0.145. The molecule has 1 rings (SSSR count). The van der Waals surface area contributed by atoms with E-state index in [-0.39, 0.29) is 5.75 Å². The lowest BCUT2D eigenvalue weighted by Crippen LogP contribution is -1.87. The lowest BCUT2D eigenvalue weighted by molar-refractivity contribution is 0.468. The van der Waals surface area contributed by atoms with Gasteiger partial charge >= 0.3 is 0 Å². The molecule has 0 bridgehead atoms. The molecule has 1 aromatic rings. The van der Waals surface area contributed by atoms with Crippen LogP contribution in [0.25, 0.3) is 0 Å². The molecule has 0 aliphatic carbocycles. The number of phenolic OH excluding ortho intramolecular Hbond substituents is 1. The van der Waals surface area contributed by atoms with Gasteiger partial charge in [0.25, 0.3) is 0 Å². The molecule has 0 saturated heterocycles. The van der Waals surface area contributed by atoms with Gasteiger partial charge in [-0.15, -0.1) is 0 Å². The summed E-state index contributed by atoms with van der Waals surface area (Å²) in [6, 6.07) is 1.63. The van der Waals surface area contributed by atoms with Gasteiger partial charge in [-0.2, -0.15) is 0 Å². The van der Waals surface area contributed by atoms with Crippen LogP contribution >= 0.6 is 47.8 Å². The Morgan fingerprint density at radius 2 is 1.73 bits per heavy atom. The summed E-state index contributed by atoms with van der Waals surface area (Å²) in [7, 11) is 0. The Bertz CT molecular complexity index is 274. The van der Waals surface area contributed by atoms with Crippen molar-refractivity contribution >= 4 is 53.5 Å². The predicted octanol–water partition coefficient (Wildman–Crippen LogP) is 3.26. The van der Waals surface area contributed by atoms with Gasteiger partial charge in [0, 0.05) is 5.69 Å². The Balaban J connectivity index is 3.46. The third-order valence-electron chi connectivity index (χ3n) is 1.16. The normalized spacial score (nSPS) is 10.1. The molecule has 0 fully saturated rings. The Hall–Kier alpha value is 0.260. The first-order chi connectivity index (χ1) is 5.04. The molecule has 0 amide bonds. The number of benzene rings is 1. The molecule has 0 aromatic heterocycles. The minimum Gasteiger partial charge on any atom is -0.506 e. The van der Waals surface area contributed by atoms with Crippen molar-refractivity contribution in [3.05, 3.63) is 19.5 Å². The smallest absolute Gasteiger partial charge is 0.145 e. The summed E-state index contributed by atoms with van der Waals surface area (Å²) in [5.41, 5.74) is 6.14. The molecule has 2 nitrogen and oxygen atoms in total. The van der Waals surface area contributed by atoms with Crippen molar-refractivity contribution < 1.29 is 5.11 Å². The number of hydrogen-bond acceptors (Lipinski definition) is 2. The lowest BCUT2D eigenvalue weighted by Gasteiger charge is -2.04. The van der Waals surface area contributed by atoms with E-state index in [1.807, 2.05) is 0 Å². The van der Waals surface area contributed by atoms with Crippen molar-refractivity contribution in [2.75, 3.05) is 5.73 Å². The number of hydrogen-bond donors (Lipinski definition) is 2. The predicted molar refractivity (Wildman–Crippen MR) is 55.6 cm³/mol. The van der Waals surface area contributed by atoms with Crippen molar-refractivity contribution in [3.63, 3.8) is 0 Å². The van der Waals surface area contributed by atoms with E-state index in [1.54, 1.807) is 6.07 Å². The maximum absolute atomic E-state index is 9.33. The van der Waals surface area contributed by atoms with Crippen LogP contribution < -0.4 is 5.73 Å². The third kappa shape index (κ3) is 1.71. The number of rotatable bonds is 0. The highest BCUT2D eigenvalue weighted by atomic mass is 79.9. The first kappa shape index (κ1) is 9.35. The van der Waals surface area contributed by atoms with Crippen LogP contribution in [0.5, 0.6) is 5.75 Å². The second-order valence-corrected chi connectivity index (χ2v) is 4.36. The van der Waals surface area contributed by atoms with E-state index in [9.17, 15) is 5.11 Å². The van der Waals surface area contributed by atoms with Crippen LogP contribution in [-0.4, -0.2) is 5.11 Å². The largest absolute Gasteiger partial charge is 0.506 e. The van der Waals surface area contributed by atoms with E-state index in [2.05, 4.69) is 47.8 Å². The van der Waals surface area contributed by atoms with E-state index in [1.165, 1.54) is 0 Å². The molecule has 0 spiro atoms. The van der Waals surface area contributed by atoms with E-state index < -0.39 is 0 Å². The lowest BCUT2D eigenvalue weighted by atomic mass is 10.3. The monoisotopic (exact) mass is 343 g/mol. The second kappa shape index (κ2) is 3.33. The van der Waals surface area contributed by atoms with Crippen molar-refractivity contribution in [2.24, 2.45) is 0 Å². The quantitative estimate of drug-likeness (QED) is 0.431. The topological polar surface area (TPSA) is 46.2 Å². The number of phenols is 1. The molecule has 60 valence electrons. The van der Waals surface area contributed by atoms with Gasteiger partial charge < -0.3 is 10.8 Å². The fourth-order valence-corrected chi connectivity index (χ4v) is 2.06. The van der Waals surface area contributed by atoms with Crippen molar-refractivity contribution in [3.8, 4) is 5.75 Å². The van der Waals surface area contributed by atoms with Crippen LogP contribution in [0.2, 0.25) is 0 Å². The standard InChI is InChI=1S/C6H4Br3NO/c7-2-1-3(10)4(8)5(9)6(2)11/h1,11H,10H2. The maximum atomic E-state index is 9.33. The third-order valence-corrected chi connectivity index (χ3v) is 3.93. The van der Waals surface area contributed by atoms with Crippen molar-refractivity contribution in [1.29, 1.82) is 0 Å². The van der Waals surface area contributed by atoms with Gasteiger partial charge in [-0.05, 0) is 53.9 Å². The SMILES string of the molecule is Nc1cc(Br)c(O)c(Br)c1Br. The van der Waals surface area contributed by atoms with Gasteiger partial charge in [0.05, 0.1) is 13.4 Å². The van der Waals surface area contributed by atoms with Crippen LogP contribution in [0.1, 0.15) is 0 Å². The Morgan fingerprint density at radius 1 is 1.18 bits per heavy atom. The molecule has 5 heteroatoms. The van der Waals surface area contributed by atoms with Gasteiger partial charge in [-0.3, -0.25) is 0 Å². The summed E-state index contributed by atoms with van der Waals surface area (Å²) in [6.07, 6.45) is 0. The average Bonchev–Trinajstić information content (AvgIpc) is 1.97. The molecule has 3 N–H and O–H groups in total. The van der Waals surface area contributed by atoms with Gasteiger partial charge in [-0.1, -0.05) is 0 Å². The van der Waals surface area contributed by atoms with E-state index in [4.69, 9.17) is 5.73 Å². The zero-order valence-corrected chi connectivity index (χ0v) is 9.99. The first-order valence-electron chi connectivity index (χ1n) is 2.66. The number of halogens is 3. The maximum Gasteiger partial charge on any atom is 0.145 e. The summed E-state index contributed by atoms with van der Waals surface area (Å²) < 4.78 is 1.80. The zero-order chi connectivity index (χ0) is 8.59. The molecule has 0 unspecified atom stereocenters. The van der Waals surface area contributed by atoms with Crippen LogP contribution in [-0.2, 0) is 0 Å². The molecule has 0 radical (unpaired) electrons. The van der Waals surface area contributed by atoms with Crippen LogP contribution in [0, 0.1) is 0 Å². The highest BCUT2D eigenvalue weighted by molar-refractivity contribution is 9.13. The summed E-state index contributed by atoms with van der Waals surface area (Å²) in [4.78, 5) is 0. The van der Waals surface area contributed by atoms with E-state index in [0.717, 1.165) is 0 Å². The van der Waals surface area contributed by atoms with Crippen LogP contribution in [0.15, 0.2) is 19.5 Å². The van der Waals surface area contributed by atoms with Gasteiger partial charge in [0.15, 0.2) is 0 Å². The summed E-state index contributed by atoms with van der Waals surface area (Å²) in [6.45, 7) is 0. The molecular formula is C6H4Br3NO. The van der Waals surface area contributed by atoms with Gasteiger partial charge in [-0.25, -0.2) is 0 Å². The van der Waals surface area contributed by atoms with Crippen LogP contribution in [0.4, 0.5) is 5.69 Å². The van der Waals surface area contributed by atoms with Crippen LogP contribution in [0.3, 0.4) is 0 Å². The van der Waals surface area contributed by atoms with E-state index >= 15 is 0 Å². The Labute approximate surface area is 89.2 Å². The fraction of sp³-hybridized carbons (Fsp3) is 0. The molecule has 0 aliphatic heterocycles. The first-order valence-corrected chi connectivity index (χ1v) is 5.04.